The maximum absolute atomic E-state index is 5.65. The van der Waals surface area contributed by atoms with E-state index in [0.717, 1.165) is 5.56 Å². The highest BCUT2D eigenvalue weighted by molar-refractivity contribution is 5.61. The fraction of sp³-hybridized carbons (Fsp3) is 0.273. The molecule has 0 fully saturated rings. The molecule has 0 bridgehead atoms. The van der Waals surface area contributed by atoms with Crippen molar-refractivity contribution in [2.45, 2.75) is 13.8 Å². The van der Waals surface area contributed by atoms with Crippen LogP contribution in [0.4, 0.5) is 5.95 Å². The van der Waals surface area contributed by atoms with E-state index < -0.39 is 0 Å². The first kappa shape index (κ1) is 9.71. The summed E-state index contributed by atoms with van der Waals surface area (Å²) >= 11 is 0. The van der Waals surface area contributed by atoms with Crippen LogP contribution in [0.1, 0.15) is 11.1 Å². The van der Waals surface area contributed by atoms with E-state index in [0.29, 0.717) is 11.8 Å². The van der Waals surface area contributed by atoms with Gasteiger partial charge in [-0.3, -0.25) is 0 Å². The highest BCUT2D eigenvalue weighted by Gasteiger charge is 2.08. The Morgan fingerprint density at radius 3 is 2.53 bits per heavy atom. The Morgan fingerprint density at radius 2 is 2.00 bits per heavy atom. The molecule has 4 nitrogen and oxygen atoms in total. The zero-order chi connectivity index (χ0) is 11.0. The second-order valence-electron chi connectivity index (χ2n) is 3.74. The van der Waals surface area contributed by atoms with Crippen molar-refractivity contribution in [3.05, 3.63) is 29.3 Å². The van der Waals surface area contributed by atoms with Crippen molar-refractivity contribution in [2.75, 3.05) is 5.73 Å². The predicted octanol–water partition coefficient (Wildman–Crippen LogP) is 1.68. The van der Waals surface area contributed by atoms with Gasteiger partial charge in [-0.15, -0.1) is 5.10 Å². The van der Waals surface area contributed by atoms with Crippen molar-refractivity contribution in [1.82, 2.24) is 14.8 Å². The van der Waals surface area contributed by atoms with E-state index in [2.05, 4.69) is 36.1 Å². The fourth-order valence-electron chi connectivity index (χ4n) is 1.58. The van der Waals surface area contributed by atoms with Gasteiger partial charge in [0.15, 0.2) is 5.82 Å². The first-order chi connectivity index (χ1) is 7.08. The summed E-state index contributed by atoms with van der Waals surface area (Å²) in [5.41, 5.74) is 9.09. The summed E-state index contributed by atoms with van der Waals surface area (Å²) in [5.74, 6) is 1.12. The van der Waals surface area contributed by atoms with E-state index in [1.165, 1.54) is 11.1 Å². The van der Waals surface area contributed by atoms with Crippen LogP contribution in [-0.4, -0.2) is 14.8 Å². The molecule has 1 aromatic heterocycles. The van der Waals surface area contributed by atoms with Crippen molar-refractivity contribution in [3.8, 4) is 11.4 Å². The number of aryl methyl sites for hydroxylation is 3. The van der Waals surface area contributed by atoms with E-state index in [1.807, 2.05) is 6.07 Å². The van der Waals surface area contributed by atoms with E-state index in [9.17, 15) is 0 Å². The number of rotatable bonds is 1. The third-order valence-corrected chi connectivity index (χ3v) is 2.42. The molecule has 0 aliphatic heterocycles. The lowest BCUT2D eigenvalue weighted by molar-refractivity contribution is 0.780. The number of nitrogens with zero attached hydrogens (tertiary/aromatic N) is 3. The predicted molar refractivity (Wildman–Crippen MR) is 60.3 cm³/mol. The van der Waals surface area contributed by atoms with E-state index >= 15 is 0 Å². The topological polar surface area (TPSA) is 56.7 Å². The number of nitrogen functional groups attached to an aromatic ring is 1. The van der Waals surface area contributed by atoms with Crippen LogP contribution in [0, 0.1) is 13.8 Å². The summed E-state index contributed by atoms with van der Waals surface area (Å²) in [4.78, 5) is 4.20. The van der Waals surface area contributed by atoms with Gasteiger partial charge in [0.05, 0.1) is 0 Å². The smallest absolute Gasteiger partial charge is 0.218 e. The van der Waals surface area contributed by atoms with Gasteiger partial charge in [0, 0.05) is 12.6 Å². The Balaban J connectivity index is 2.54. The van der Waals surface area contributed by atoms with E-state index in [-0.39, 0.29) is 0 Å². The van der Waals surface area contributed by atoms with Crippen molar-refractivity contribution >= 4 is 5.95 Å². The summed E-state index contributed by atoms with van der Waals surface area (Å²) < 4.78 is 1.58. The second-order valence-corrected chi connectivity index (χ2v) is 3.74. The molecule has 0 saturated heterocycles. The third kappa shape index (κ3) is 1.70. The monoisotopic (exact) mass is 202 g/mol. The molecule has 0 unspecified atom stereocenters. The summed E-state index contributed by atoms with van der Waals surface area (Å²) in [6.45, 7) is 4.12. The van der Waals surface area contributed by atoms with Gasteiger partial charge < -0.3 is 5.73 Å². The minimum absolute atomic E-state index is 0.435. The summed E-state index contributed by atoms with van der Waals surface area (Å²) in [6.07, 6.45) is 0. The Bertz CT molecular complexity index is 480. The maximum Gasteiger partial charge on any atom is 0.218 e. The number of aromatic nitrogens is 3. The molecule has 1 aromatic carbocycles. The van der Waals surface area contributed by atoms with Crippen LogP contribution >= 0.6 is 0 Å². The zero-order valence-electron chi connectivity index (χ0n) is 9.15. The lowest BCUT2D eigenvalue weighted by Gasteiger charge is -2.01. The van der Waals surface area contributed by atoms with Crippen molar-refractivity contribution in [3.63, 3.8) is 0 Å². The van der Waals surface area contributed by atoms with Gasteiger partial charge in [-0.25, -0.2) is 4.68 Å². The van der Waals surface area contributed by atoms with Crippen molar-refractivity contribution < 1.29 is 0 Å². The van der Waals surface area contributed by atoms with Gasteiger partial charge in [0.25, 0.3) is 0 Å². The standard InChI is InChI=1S/C11H14N4/c1-7-4-5-9(8(2)6-7)10-13-11(12)15(3)14-10/h4-6H,1-3H3,(H2,12,13,14). The molecule has 2 N–H and O–H groups in total. The Kier molecular flexibility index (Phi) is 2.19. The average Bonchev–Trinajstić information content (AvgIpc) is 2.46. The van der Waals surface area contributed by atoms with Gasteiger partial charge in [-0.1, -0.05) is 23.8 Å². The quantitative estimate of drug-likeness (QED) is 0.765. The lowest BCUT2D eigenvalue weighted by atomic mass is 10.1. The first-order valence-corrected chi connectivity index (χ1v) is 4.82. The Labute approximate surface area is 88.8 Å². The average molecular weight is 202 g/mol. The maximum atomic E-state index is 5.65. The van der Waals surface area contributed by atoms with Crippen LogP contribution in [0.3, 0.4) is 0 Å². The molecule has 0 amide bonds. The number of nitrogens with two attached hydrogens (primary N) is 1. The normalized spacial score (nSPS) is 10.6. The van der Waals surface area contributed by atoms with Crippen LogP contribution in [0.25, 0.3) is 11.4 Å². The van der Waals surface area contributed by atoms with Gasteiger partial charge in [0.2, 0.25) is 5.95 Å². The molecule has 2 aromatic rings. The SMILES string of the molecule is Cc1ccc(-c2nc(N)n(C)n2)c(C)c1. The van der Waals surface area contributed by atoms with E-state index in [1.54, 1.807) is 11.7 Å². The van der Waals surface area contributed by atoms with Crippen molar-refractivity contribution in [2.24, 2.45) is 7.05 Å². The third-order valence-electron chi connectivity index (χ3n) is 2.42. The summed E-state index contributed by atoms with van der Waals surface area (Å²) in [6, 6.07) is 6.19. The molecule has 0 aliphatic rings. The molecular weight excluding hydrogens is 188 g/mol. The number of anilines is 1. The zero-order valence-corrected chi connectivity index (χ0v) is 9.15. The molecule has 78 valence electrons. The van der Waals surface area contributed by atoms with Gasteiger partial charge in [0.1, 0.15) is 0 Å². The van der Waals surface area contributed by atoms with Crippen LogP contribution in [0.2, 0.25) is 0 Å². The molecule has 0 aliphatic carbocycles. The second kappa shape index (κ2) is 3.38. The molecule has 0 radical (unpaired) electrons. The highest BCUT2D eigenvalue weighted by Crippen LogP contribution is 2.21. The molecule has 0 saturated carbocycles. The summed E-state index contributed by atoms with van der Waals surface area (Å²) in [5, 5.41) is 4.25. The molecule has 0 spiro atoms. The largest absolute Gasteiger partial charge is 0.368 e. The lowest BCUT2D eigenvalue weighted by Crippen LogP contribution is -1.97. The fourth-order valence-corrected chi connectivity index (χ4v) is 1.58. The number of hydrogen-bond acceptors (Lipinski definition) is 3. The van der Waals surface area contributed by atoms with Crippen LogP contribution in [-0.2, 0) is 7.05 Å². The first-order valence-electron chi connectivity index (χ1n) is 4.82. The van der Waals surface area contributed by atoms with Crippen LogP contribution < -0.4 is 5.73 Å². The van der Waals surface area contributed by atoms with Gasteiger partial charge in [-0.05, 0) is 19.4 Å². The van der Waals surface area contributed by atoms with Gasteiger partial charge >= 0.3 is 0 Å². The molecule has 4 heteroatoms. The Morgan fingerprint density at radius 1 is 1.27 bits per heavy atom. The Hall–Kier alpha value is -1.84. The number of benzene rings is 1. The molecule has 2 rings (SSSR count). The highest BCUT2D eigenvalue weighted by atomic mass is 15.4. The molecule has 1 heterocycles. The van der Waals surface area contributed by atoms with E-state index in [4.69, 9.17) is 5.73 Å². The molecular formula is C11H14N4. The van der Waals surface area contributed by atoms with Crippen molar-refractivity contribution in [1.29, 1.82) is 0 Å². The van der Waals surface area contributed by atoms with Crippen LogP contribution in [0.5, 0.6) is 0 Å². The minimum Gasteiger partial charge on any atom is -0.368 e. The molecule has 0 atom stereocenters. The summed E-state index contributed by atoms with van der Waals surface area (Å²) in [7, 11) is 1.79. The van der Waals surface area contributed by atoms with Crippen LogP contribution in [0.15, 0.2) is 18.2 Å². The number of hydrogen-bond donors (Lipinski definition) is 1. The minimum atomic E-state index is 0.435. The molecule has 15 heavy (non-hydrogen) atoms. The van der Waals surface area contributed by atoms with Gasteiger partial charge in [-0.2, -0.15) is 4.98 Å².